The fourth-order valence-corrected chi connectivity index (χ4v) is 1.77. The van der Waals surface area contributed by atoms with Crippen LogP contribution < -0.4 is 0 Å². The molecule has 0 saturated heterocycles. The Morgan fingerprint density at radius 3 is 2.75 bits per heavy atom. The minimum Gasteiger partial charge on any atom is -0.455 e. The zero-order chi connectivity index (χ0) is 11.7. The van der Waals surface area contributed by atoms with Crippen molar-refractivity contribution in [3.05, 3.63) is 35.8 Å². The number of furan rings is 1. The number of aliphatic hydroxyl groups excluding tert-OH is 1. The minimum atomic E-state index is -0.660. The van der Waals surface area contributed by atoms with Crippen LogP contribution in [0.25, 0.3) is 11.0 Å². The number of halogens is 1. The molecule has 2 aromatic rings. The third-order valence-electron chi connectivity index (χ3n) is 2.54. The van der Waals surface area contributed by atoms with E-state index in [4.69, 9.17) is 4.42 Å². The van der Waals surface area contributed by atoms with Crippen LogP contribution in [0.5, 0.6) is 0 Å². The summed E-state index contributed by atoms with van der Waals surface area (Å²) in [4.78, 5) is 0. The molecule has 1 heterocycles. The van der Waals surface area contributed by atoms with Gasteiger partial charge in [0.05, 0.1) is 0 Å². The quantitative estimate of drug-likeness (QED) is 0.859. The van der Waals surface area contributed by atoms with E-state index in [0.717, 1.165) is 0 Å². The number of fused-ring (bicyclic) bond motifs is 1. The van der Waals surface area contributed by atoms with Crippen molar-refractivity contribution in [2.24, 2.45) is 5.92 Å². The van der Waals surface area contributed by atoms with Gasteiger partial charge in [-0.3, -0.25) is 0 Å². The molecular formula is C13H15FO2. The van der Waals surface area contributed by atoms with E-state index in [-0.39, 0.29) is 11.4 Å². The first-order valence-corrected chi connectivity index (χ1v) is 5.44. The first-order valence-electron chi connectivity index (χ1n) is 5.44. The Kier molecular flexibility index (Phi) is 2.97. The monoisotopic (exact) mass is 222 g/mol. The maximum atomic E-state index is 13.4. The van der Waals surface area contributed by atoms with Crippen LogP contribution in [0, 0.1) is 11.7 Å². The maximum absolute atomic E-state index is 13.4. The predicted octanol–water partition coefficient (Wildman–Crippen LogP) is 3.65. The Labute approximate surface area is 93.7 Å². The highest BCUT2D eigenvalue weighted by molar-refractivity contribution is 5.78. The number of hydrogen-bond acceptors (Lipinski definition) is 2. The molecule has 16 heavy (non-hydrogen) atoms. The van der Waals surface area contributed by atoms with E-state index in [1.807, 2.05) is 13.8 Å². The van der Waals surface area contributed by atoms with Gasteiger partial charge in [-0.1, -0.05) is 26.0 Å². The smallest absolute Gasteiger partial charge is 0.170 e. The van der Waals surface area contributed by atoms with E-state index in [1.165, 1.54) is 6.07 Å². The van der Waals surface area contributed by atoms with Gasteiger partial charge < -0.3 is 9.52 Å². The molecule has 86 valence electrons. The summed E-state index contributed by atoms with van der Waals surface area (Å²) in [6.07, 6.45) is -0.0478. The molecule has 1 atom stereocenters. The summed E-state index contributed by atoms with van der Waals surface area (Å²) in [5.41, 5.74) is 0.223. The second kappa shape index (κ2) is 4.26. The number of benzene rings is 1. The lowest BCUT2D eigenvalue weighted by atomic mass is 10.0. The lowest BCUT2D eigenvalue weighted by molar-refractivity contribution is 0.127. The lowest BCUT2D eigenvalue weighted by Crippen LogP contribution is -2.00. The standard InChI is InChI=1S/C13H15FO2/c1-8(2)6-11(15)12-7-9-4-3-5-10(14)13(9)16-12/h3-5,7-8,11,15H,6H2,1-2H3. The summed E-state index contributed by atoms with van der Waals surface area (Å²) in [7, 11) is 0. The second-order valence-electron chi connectivity index (χ2n) is 4.45. The molecule has 1 unspecified atom stereocenters. The third-order valence-corrected chi connectivity index (χ3v) is 2.54. The number of hydrogen-bond donors (Lipinski definition) is 1. The van der Waals surface area contributed by atoms with E-state index in [2.05, 4.69) is 0 Å². The minimum absolute atomic E-state index is 0.223. The van der Waals surface area contributed by atoms with Crippen LogP contribution in [0.4, 0.5) is 4.39 Å². The summed E-state index contributed by atoms with van der Waals surface area (Å²) in [6, 6.07) is 6.45. The first-order chi connectivity index (χ1) is 7.58. The Bertz CT molecular complexity index is 488. The van der Waals surface area contributed by atoms with Gasteiger partial charge in [-0.25, -0.2) is 4.39 Å². The van der Waals surface area contributed by atoms with Crippen molar-refractivity contribution in [3.8, 4) is 0 Å². The number of para-hydroxylation sites is 1. The maximum Gasteiger partial charge on any atom is 0.170 e. The molecule has 2 rings (SSSR count). The molecule has 0 amide bonds. The Morgan fingerprint density at radius 2 is 2.12 bits per heavy atom. The van der Waals surface area contributed by atoms with Crippen molar-refractivity contribution in [2.45, 2.75) is 26.4 Å². The second-order valence-corrected chi connectivity index (χ2v) is 4.45. The summed E-state index contributed by atoms with van der Waals surface area (Å²) in [6.45, 7) is 4.04. The highest BCUT2D eigenvalue weighted by atomic mass is 19.1. The molecule has 0 fully saturated rings. The van der Waals surface area contributed by atoms with E-state index in [9.17, 15) is 9.50 Å². The first kappa shape index (κ1) is 11.1. The van der Waals surface area contributed by atoms with E-state index < -0.39 is 6.10 Å². The highest BCUT2D eigenvalue weighted by Crippen LogP contribution is 2.28. The summed E-state index contributed by atoms with van der Waals surface area (Å²) in [5.74, 6) is 0.419. The molecule has 2 nitrogen and oxygen atoms in total. The zero-order valence-electron chi connectivity index (χ0n) is 9.40. The van der Waals surface area contributed by atoms with Crippen molar-refractivity contribution < 1.29 is 13.9 Å². The van der Waals surface area contributed by atoms with Gasteiger partial charge in [-0.2, -0.15) is 0 Å². The van der Waals surface area contributed by atoms with Crippen LogP contribution in [0.15, 0.2) is 28.7 Å². The lowest BCUT2D eigenvalue weighted by Gasteiger charge is -2.09. The van der Waals surface area contributed by atoms with Crippen LogP contribution in [0.1, 0.15) is 32.1 Å². The molecule has 0 aliphatic heterocycles. The molecule has 1 N–H and O–H groups in total. The Hall–Kier alpha value is -1.35. The van der Waals surface area contributed by atoms with Crippen LogP contribution >= 0.6 is 0 Å². The van der Waals surface area contributed by atoms with Crippen LogP contribution in [-0.2, 0) is 0 Å². The van der Waals surface area contributed by atoms with Crippen LogP contribution in [0.2, 0.25) is 0 Å². The van der Waals surface area contributed by atoms with Gasteiger partial charge in [0.25, 0.3) is 0 Å². The van der Waals surface area contributed by atoms with E-state index in [1.54, 1.807) is 18.2 Å². The normalized spacial score (nSPS) is 13.6. The molecule has 3 heteroatoms. The van der Waals surface area contributed by atoms with Gasteiger partial charge in [0, 0.05) is 5.39 Å². The largest absolute Gasteiger partial charge is 0.455 e. The molecule has 0 bridgehead atoms. The SMILES string of the molecule is CC(C)CC(O)c1cc2cccc(F)c2o1. The molecule has 0 spiro atoms. The predicted molar refractivity (Wildman–Crippen MR) is 60.6 cm³/mol. The molecule has 0 radical (unpaired) electrons. The average molecular weight is 222 g/mol. The molecule has 0 aliphatic rings. The summed E-state index contributed by atoms with van der Waals surface area (Å²) >= 11 is 0. The van der Waals surface area contributed by atoms with Gasteiger partial charge in [0.1, 0.15) is 11.9 Å². The Balaban J connectivity index is 2.36. The number of rotatable bonds is 3. The van der Waals surface area contributed by atoms with Crippen molar-refractivity contribution in [2.75, 3.05) is 0 Å². The van der Waals surface area contributed by atoms with E-state index in [0.29, 0.717) is 23.5 Å². The van der Waals surface area contributed by atoms with Crippen LogP contribution in [-0.4, -0.2) is 5.11 Å². The van der Waals surface area contributed by atoms with Crippen molar-refractivity contribution in [1.29, 1.82) is 0 Å². The highest BCUT2D eigenvalue weighted by Gasteiger charge is 2.16. The summed E-state index contributed by atoms with van der Waals surface area (Å²) < 4.78 is 18.7. The van der Waals surface area contributed by atoms with Gasteiger partial charge in [0.2, 0.25) is 0 Å². The van der Waals surface area contributed by atoms with Gasteiger partial charge >= 0.3 is 0 Å². The summed E-state index contributed by atoms with van der Waals surface area (Å²) in [5, 5.41) is 10.6. The number of aliphatic hydroxyl groups is 1. The Morgan fingerprint density at radius 1 is 1.38 bits per heavy atom. The van der Waals surface area contributed by atoms with Crippen molar-refractivity contribution in [1.82, 2.24) is 0 Å². The van der Waals surface area contributed by atoms with Crippen molar-refractivity contribution in [3.63, 3.8) is 0 Å². The van der Waals surface area contributed by atoms with E-state index >= 15 is 0 Å². The fraction of sp³-hybridized carbons (Fsp3) is 0.385. The molecule has 0 saturated carbocycles. The molecule has 1 aromatic carbocycles. The average Bonchev–Trinajstić information content (AvgIpc) is 2.61. The van der Waals surface area contributed by atoms with Gasteiger partial charge in [-0.05, 0) is 24.5 Å². The van der Waals surface area contributed by atoms with Crippen LogP contribution in [0.3, 0.4) is 0 Å². The molecule has 1 aromatic heterocycles. The third kappa shape index (κ3) is 2.09. The molecular weight excluding hydrogens is 207 g/mol. The molecule has 0 aliphatic carbocycles. The topological polar surface area (TPSA) is 33.4 Å². The fourth-order valence-electron chi connectivity index (χ4n) is 1.77. The zero-order valence-corrected chi connectivity index (χ0v) is 9.40. The van der Waals surface area contributed by atoms with Gasteiger partial charge in [0.15, 0.2) is 11.4 Å². The van der Waals surface area contributed by atoms with Gasteiger partial charge in [-0.15, -0.1) is 0 Å². The van der Waals surface area contributed by atoms with Crippen molar-refractivity contribution >= 4 is 11.0 Å².